The largest absolute Gasteiger partial charge is 0.406 e. The smallest absolute Gasteiger partial charge is 0.193 e. The van der Waals surface area contributed by atoms with Gasteiger partial charge in [0.15, 0.2) is 8.32 Å². The quantitative estimate of drug-likeness (QED) is 0.539. The third-order valence-corrected chi connectivity index (χ3v) is 9.44. The molecule has 0 saturated heterocycles. The van der Waals surface area contributed by atoms with E-state index in [1.165, 1.54) is 0 Å². The molecule has 0 unspecified atom stereocenters. The van der Waals surface area contributed by atoms with Crippen molar-refractivity contribution in [2.45, 2.75) is 65.5 Å². The second kappa shape index (κ2) is 5.73. The van der Waals surface area contributed by atoms with Gasteiger partial charge in [-0.3, -0.25) is 0 Å². The Hall–Kier alpha value is -0.0462. The van der Waals surface area contributed by atoms with Gasteiger partial charge in [-0.2, -0.15) is 0 Å². The third kappa shape index (κ3) is 5.41. The number of rotatable bonds is 4. The SMILES string of the molecule is CC(C)C(C)(C)[Si](C)(C)OCC#C[Si](C)(C)C. The van der Waals surface area contributed by atoms with Crippen LogP contribution in [-0.4, -0.2) is 23.0 Å². The second-order valence-electron chi connectivity index (χ2n) is 7.23. The summed E-state index contributed by atoms with van der Waals surface area (Å²) >= 11 is 0. The Bertz CT molecular complexity index is 300. The molecular formula is C14H30OSi2. The highest BCUT2D eigenvalue weighted by Crippen LogP contribution is 2.44. The van der Waals surface area contributed by atoms with E-state index in [1.54, 1.807) is 0 Å². The molecule has 0 aromatic carbocycles. The van der Waals surface area contributed by atoms with Crippen LogP contribution in [0.3, 0.4) is 0 Å². The van der Waals surface area contributed by atoms with Gasteiger partial charge in [-0.25, -0.2) is 0 Å². The Kier molecular flexibility index (Phi) is 5.71. The molecule has 17 heavy (non-hydrogen) atoms. The lowest BCUT2D eigenvalue weighted by atomic mass is 9.99. The van der Waals surface area contributed by atoms with Crippen LogP contribution < -0.4 is 0 Å². The van der Waals surface area contributed by atoms with E-state index in [2.05, 4.69) is 71.9 Å². The van der Waals surface area contributed by atoms with E-state index in [9.17, 15) is 0 Å². The van der Waals surface area contributed by atoms with Crippen LogP contribution in [-0.2, 0) is 4.43 Å². The maximum Gasteiger partial charge on any atom is 0.193 e. The summed E-state index contributed by atoms with van der Waals surface area (Å²) in [6.45, 7) is 21.2. The Balaban J connectivity index is 4.52. The van der Waals surface area contributed by atoms with Gasteiger partial charge in [0, 0.05) is 0 Å². The zero-order valence-corrected chi connectivity index (χ0v) is 15.2. The zero-order valence-electron chi connectivity index (χ0n) is 13.2. The topological polar surface area (TPSA) is 9.23 Å². The minimum atomic E-state index is -1.68. The molecule has 0 amide bonds. The molecule has 0 aromatic heterocycles. The van der Waals surface area contributed by atoms with Crippen LogP contribution in [0.1, 0.15) is 27.7 Å². The van der Waals surface area contributed by atoms with E-state index in [0.29, 0.717) is 12.5 Å². The molecule has 0 aliphatic carbocycles. The zero-order chi connectivity index (χ0) is 13.9. The highest BCUT2D eigenvalue weighted by Gasteiger charge is 2.42. The summed E-state index contributed by atoms with van der Waals surface area (Å²) in [7, 11) is -2.92. The fourth-order valence-corrected chi connectivity index (χ4v) is 4.20. The van der Waals surface area contributed by atoms with E-state index in [1.807, 2.05) is 0 Å². The van der Waals surface area contributed by atoms with E-state index in [0.717, 1.165) is 0 Å². The standard InChI is InChI=1S/C14H30OSi2/c1-13(2)14(3,4)17(8,9)15-11-10-12-16(5,6)7/h13H,11H2,1-9H3. The van der Waals surface area contributed by atoms with Crippen LogP contribution >= 0.6 is 0 Å². The Morgan fingerprint density at radius 1 is 1.06 bits per heavy atom. The number of hydrogen-bond donors (Lipinski definition) is 0. The van der Waals surface area contributed by atoms with Gasteiger partial charge in [-0.15, -0.1) is 5.54 Å². The minimum absolute atomic E-state index is 0.286. The molecule has 0 rings (SSSR count). The summed E-state index contributed by atoms with van der Waals surface area (Å²) in [5.41, 5.74) is 3.36. The molecule has 0 bridgehead atoms. The molecule has 0 aromatic rings. The fraction of sp³-hybridized carbons (Fsp3) is 0.857. The normalized spacial score (nSPS) is 13.5. The van der Waals surface area contributed by atoms with Crippen molar-refractivity contribution in [2.75, 3.05) is 6.61 Å². The van der Waals surface area contributed by atoms with Crippen molar-refractivity contribution in [1.82, 2.24) is 0 Å². The molecule has 0 radical (unpaired) electrons. The summed E-state index contributed by atoms with van der Waals surface area (Å²) in [4.78, 5) is 0. The van der Waals surface area contributed by atoms with Gasteiger partial charge in [-0.1, -0.05) is 53.3 Å². The lowest BCUT2D eigenvalue weighted by molar-refractivity contribution is 0.303. The van der Waals surface area contributed by atoms with Gasteiger partial charge >= 0.3 is 0 Å². The van der Waals surface area contributed by atoms with Crippen molar-refractivity contribution in [2.24, 2.45) is 5.92 Å². The molecule has 100 valence electrons. The third-order valence-electron chi connectivity index (χ3n) is 3.96. The van der Waals surface area contributed by atoms with Crippen LogP contribution in [0.15, 0.2) is 0 Å². The fourth-order valence-electron chi connectivity index (χ4n) is 1.40. The summed E-state index contributed by atoms with van der Waals surface area (Å²) < 4.78 is 6.14. The van der Waals surface area contributed by atoms with E-state index in [4.69, 9.17) is 4.43 Å². The lowest BCUT2D eigenvalue weighted by Gasteiger charge is -2.42. The monoisotopic (exact) mass is 270 g/mol. The average molecular weight is 271 g/mol. The molecule has 0 aliphatic rings. The van der Waals surface area contributed by atoms with E-state index in [-0.39, 0.29) is 5.04 Å². The Labute approximate surface area is 110 Å². The molecule has 0 spiro atoms. The van der Waals surface area contributed by atoms with Crippen molar-refractivity contribution >= 4 is 16.4 Å². The van der Waals surface area contributed by atoms with Gasteiger partial charge in [0.25, 0.3) is 0 Å². The Morgan fingerprint density at radius 3 is 1.88 bits per heavy atom. The van der Waals surface area contributed by atoms with Gasteiger partial charge in [-0.05, 0) is 24.1 Å². The molecule has 0 aliphatic heterocycles. The maximum atomic E-state index is 6.14. The molecule has 0 N–H and O–H groups in total. The molecule has 0 atom stereocenters. The van der Waals surface area contributed by atoms with Gasteiger partial charge in [0.1, 0.15) is 8.07 Å². The van der Waals surface area contributed by atoms with E-state index >= 15 is 0 Å². The molecule has 0 saturated carbocycles. The first kappa shape index (κ1) is 17.0. The van der Waals surface area contributed by atoms with Crippen LogP contribution in [0.5, 0.6) is 0 Å². The first-order valence-electron chi connectivity index (χ1n) is 6.54. The average Bonchev–Trinajstić information content (AvgIpc) is 2.10. The maximum absolute atomic E-state index is 6.14. The first-order chi connectivity index (χ1) is 7.40. The predicted octanol–water partition coefficient (Wildman–Crippen LogP) is 4.53. The van der Waals surface area contributed by atoms with Crippen LogP contribution in [0.25, 0.3) is 0 Å². The Morgan fingerprint density at radius 2 is 1.53 bits per heavy atom. The molecule has 3 heteroatoms. The van der Waals surface area contributed by atoms with Gasteiger partial charge in [0.2, 0.25) is 0 Å². The van der Waals surface area contributed by atoms with Gasteiger partial charge in [0.05, 0.1) is 6.61 Å². The predicted molar refractivity (Wildman–Crippen MR) is 83.4 cm³/mol. The van der Waals surface area contributed by atoms with E-state index < -0.39 is 16.4 Å². The summed E-state index contributed by atoms with van der Waals surface area (Å²) in [6, 6.07) is 0. The van der Waals surface area contributed by atoms with Crippen molar-refractivity contribution in [3.63, 3.8) is 0 Å². The molecular weight excluding hydrogens is 240 g/mol. The number of hydrogen-bond acceptors (Lipinski definition) is 1. The van der Waals surface area contributed by atoms with Crippen molar-refractivity contribution in [3.05, 3.63) is 0 Å². The summed E-state index contributed by atoms with van der Waals surface area (Å²) in [6.07, 6.45) is 0. The van der Waals surface area contributed by atoms with Crippen LogP contribution in [0, 0.1) is 17.4 Å². The molecule has 0 fully saturated rings. The van der Waals surface area contributed by atoms with Crippen LogP contribution in [0.2, 0.25) is 37.8 Å². The second-order valence-corrected chi connectivity index (χ2v) is 16.6. The van der Waals surface area contributed by atoms with Gasteiger partial charge < -0.3 is 4.43 Å². The highest BCUT2D eigenvalue weighted by atomic mass is 28.4. The van der Waals surface area contributed by atoms with Crippen molar-refractivity contribution < 1.29 is 4.43 Å². The van der Waals surface area contributed by atoms with Crippen LogP contribution in [0.4, 0.5) is 0 Å². The lowest BCUT2D eigenvalue weighted by Crippen LogP contribution is -2.45. The molecule has 1 nitrogen and oxygen atoms in total. The van der Waals surface area contributed by atoms with Crippen molar-refractivity contribution in [3.8, 4) is 11.5 Å². The highest BCUT2D eigenvalue weighted by molar-refractivity contribution is 6.83. The summed E-state index contributed by atoms with van der Waals surface area (Å²) in [5.74, 6) is 3.86. The summed E-state index contributed by atoms with van der Waals surface area (Å²) in [5, 5.41) is 0.286. The van der Waals surface area contributed by atoms with Crippen molar-refractivity contribution in [1.29, 1.82) is 0 Å². The first-order valence-corrected chi connectivity index (χ1v) is 12.9. The molecule has 0 heterocycles. The minimum Gasteiger partial charge on any atom is -0.406 e.